The second-order valence-corrected chi connectivity index (χ2v) is 8.35. The fourth-order valence-corrected chi connectivity index (χ4v) is 4.04. The maximum absolute atomic E-state index is 13.3. The van der Waals surface area contributed by atoms with Crippen molar-refractivity contribution in [3.8, 4) is 11.3 Å². The largest absolute Gasteiger partial charge is 0.466 e. The van der Waals surface area contributed by atoms with E-state index in [-0.39, 0.29) is 42.8 Å². The van der Waals surface area contributed by atoms with E-state index in [1.165, 1.54) is 0 Å². The molecule has 0 spiro atoms. The number of fused-ring (bicyclic) bond motifs is 1. The first-order valence-corrected chi connectivity index (χ1v) is 10.3. The minimum atomic E-state index is -0.0830. The van der Waals surface area contributed by atoms with Crippen LogP contribution in [0.25, 0.3) is 22.3 Å². The van der Waals surface area contributed by atoms with Crippen molar-refractivity contribution in [1.29, 1.82) is 0 Å². The molecule has 0 aliphatic carbocycles. The van der Waals surface area contributed by atoms with Gasteiger partial charge in [-0.15, -0.1) is 24.8 Å². The van der Waals surface area contributed by atoms with Crippen molar-refractivity contribution in [3.05, 3.63) is 35.4 Å². The highest BCUT2D eigenvalue weighted by Gasteiger charge is 2.25. The third-order valence-electron chi connectivity index (χ3n) is 5.76. The molecular formula is C22H31Cl2N5O2. The van der Waals surface area contributed by atoms with Gasteiger partial charge in [0.1, 0.15) is 11.5 Å². The highest BCUT2D eigenvalue weighted by Crippen LogP contribution is 2.30. The van der Waals surface area contributed by atoms with Gasteiger partial charge in [-0.2, -0.15) is 5.10 Å². The van der Waals surface area contributed by atoms with Gasteiger partial charge in [-0.1, -0.05) is 6.92 Å². The summed E-state index contributed by atoms with van der Waals surface area (Å²) < 4.78 is 7.57. The average Bonchev–Trinajstić information content (AvgIpc) is 3.25. The zero-order chi connectivity index (χ0) is 20.7. The number of nitrogens with one attached hydrogen (secondary N) is 2. The molecule has 1 fully saturated rings. The van der Waals surface area contributed by atoms with Gasteiger partial charge in [0.2, 0.25) is 0 Å². The molecule has 9 heteroatoms. The second kappa shape index (κ2) is 10.0. The molecular weight excluding hydrogens is 437 g/mol. The van der Waals surface area contributed by atoms with Crippen LogP contribution in [0.15, 0.2) is 22.7 Å². The van der Waals surface area contributed by atoms with Gasteiger partial charge in [-0.3, -0.25) is 4.79 Å². The molecule has 0 saturated carbocycles. The van der Waals surface area contributed by atoms with Gasteiger partial charge >= 0.3 is 0 Å². The molecule has 0 aromatic carbocycles. The first-order valence-electron chi connectivity index (χ1n) is 10.3. The number of carbonyl (C=O) groups excluding carboxylic acids is 1. The maximum atomic E-state index is 13.3. The standard InChI is InChI=1S/C22H29N5O2.2ClH/c1-12(2)27-21-18(10-24-27)17(22(28)26-20-11-23-7-6-13(20)3)9-19(25-21)16-8-14(4)29-15(16)5;;/h8-10,12-13,20,23H,6-7,11H2,1-5H3,(H,26,28);2*1H. The Morgan fingerprint density at radius 2 is 2.03 bits per heavy atom. The Morgan fingerprint density at radius 1 is 1.29 bits per heavy atom. The fraction of sp³-hybridized carbons (Fsp3) is 0.500. The maximum Gasteiger partial charge on any atom is 0.252 e. The first-order chi connectivity index (χ1) is 13.8. The number of aromatic nitrogens is 3. The van der Waals surface area contributed by atoms with Crippen LogP contribution in [0.1, 0.15) is 55.1 Å². The van der Waals surface area contributed by atoms with E-state index in [1.807, 2.05) is 30.7 Å². The third-order valence-corrected chi connectivity index (χ3v) is 5.76. The van der Waals surface area contributed by atoms with Crippen LogP contribution < -0.4 is 10.6 Å². The monoisotopic (exact) mass is 467 g/mol. The molecule has 3 aromatic rings. The SMILES string of the molecule is Cc1cc(-c2cc(C(=O)NC3CNCCC3C)c3cnn(C(C)C)c3n2)c(C)o1.Cl.Cl. The summed E-state index contributed by atoms with van der Waals surface area (Å²) >= 11 is 0. The first kappa shape index (κ1) is 25.2. The van der Waals surface area contributed by atoms with E-state index in [2.05, 4.69) is 36.5 Å². The molecule has 2 N–H and O–H groups in total. The van der Waals surface area contributed by atoms with Gasteiger partial charge in [0.05, 0.1) is 22.8 Å². The summed E-state index contributed by atoms with van der Waals surface area (Å²) in [5, 5.41) is 11.9. The van der Waals surface area contributed by atoms with Crippen LogP contribution in [0.4, 0.5) is 0 Å². The Balaban J connectivity index is 0.00000171. The van der Waals surface area contributed by atoms with Crippen LogP contribution in [0.5, 0.6) is 0 Å². The van der Waals surface area contributed by atoms with Crippen LogP contribution >= 0.6 is 24.8 Å². The summed E-state index contributed by atoms with van der Waals surface area (Å²) in [5.41, 5.74) is 2.96. The average molecular weight is 468 g/mol. The Hall–Kier alpha value is -2.09. The minimum absolute atomic E-state index is 0. The number of pyridine rings is 1. The summed E-state index contributed by atoms with van der Waals surface area (Å²) in [6.07, 6.45) is 2.80. The highest BCUT2D eigenvalue weighted by molar-refractivity contribution is 6.06. The van der Waals surface area contributed by atoms with Crippen molar-refractivity contribution in [2.75, 3.05) is 13.1 Å². The van der Waals surface area contributed by atoms with E-state index in [9.17, 15) is 4.79 Å². The molecule has 31 heavy (non-hydrogen) atoms. The molecule has 7 nitrogen and oxygen atoms in total. The Morgan fingerprint density at radius 3 is 2.65 bits per heavy atom. The Kier molecular flexibility index (Phi) is 8.14. The quantitative estimate of drug-likeness (QED) is 0.591. The molecule has 170 valence electrons. The zero-order valence-electron chi connectivity index (χ0n) is 18.6. The van der Waals surface area contributed by atoms with Crippen molar-refractivity contribution in [3.63, 3.8) is 0 Å². The van der Waals surface area contributed by atoms with Crippen LogP contribution in [-0.4, -0.2) is 39.8 Å². The number of amides is 1. The van der Waals surface area contributed by atoms with Crippen molar-refractivity contribution in [2.24, 2.45) is 5.92 Å². The Labute approximate surface area is 195 Å². The van der Waals surface area contributed by atoms with Crippen LogP contribution in [-0.2, 0) is 0 Å². The molecule has 1 saturated heterocycles. The molecule has 4 rings (SSSR count). The second-order valence-electron chi connectivity index (χ2n) is 8.35. The van der Waals surface area contributed by atoms with E-state index in [4.69, 9.17) is 9.40 Å². The fourth-order valence-electron chi connectivity index (χ4n) is 4.04. The lowest BCUT2D eigenvalue weighted by Gasteiger charge is -2.30. The number of aryl methyl sites for hydroxylation is 2. The van der Waals surface area contributed by atoms with Crippen molar-refractivity contribution in [2.45, 2.75) is 53.1 Å². The zero-order valence-corrected chi connectivity index (χ0v) is 20.2. The van der Waals surface area contributed by atoms with Crippen LogP contribution in [0.3, 0.4) is 0 Å². The van der Waals surface area contributed by atoms with Crippen LogP contribution in [0, 0.1) is 19.8 Å². The third kappa shape index (κ3) is 4.89. The number of furan rings is 1. The van der Waals surface area contributed by atoms with Gasteiger partial charge in [-0.25, -0.2) is 9.67 Å². The van der Waals surface area contributed by atoms with Crippen molar-refractivity contribution >= 4 is 41.8 Å². The van der Waals surface area contributed by atoms with Gasteiger partial charge in [0, 0.05) is 24.2 Å². The molecule has 0 radical (unpaired) electrons. The molecule has 0 bridgehead atoms. The molecule has 1 amide bonds. The van der Waals surface area contributed by atoms with Crippen molar-refractivity contribution in [1.82, 2.24) is 25.4 Å². The molecule has 1 aliphatic rings. The van der Waals surface area contributed by atoms with Gasteiger partial charge in [0.25, 0.3) is 5.91 Å². The predicted molar refractivity (Wildman–Crippen MR) is 127 cm³/mol. The summed E-state index contributed by atoms with van der Waals surface area (Å²) in [6.45, 7) is 11.9. The summed E-state index contributed by atoms with van der Waals surface area (Å²) in [4.78, 5) is 18.2. The van der Waals surface area contributed by atoms with Gasteiger partial charge in [0.15, 0.2) is 5.65 Å². The smallest absolute Gasteiger partial charge is 0.252 e. The molecule has 2 atom stereocenters. The molecule has 3 aromatic heterocycles. The lowest BCUT2D eigenvalue weighted by Crippen LogP contribution is -2.50. The Bertz CT molecular complexity index is 1060. The lowest BCUT2D eigenvalue weighted by atomic mass is 9.94. The van der Waals surface area contributed by atoms with Gasteiger partial charge < -0.3 is 15.1 Å². The lowest BCUT2D eigenvalue weighted by molar-refractivity contribution is 0.0917. The van der Waals surface area contributed by atoms with E-state index in [1.54, 1.807) is 6.20 Å². The molecule has 4 heterocycles. The summed E-state index contributed by atoms with van der Waals surface area (Å²) in [6, 6.07) is 4.08. The number of halogens is 2. The van der Waals surface area contributed by atoms with Crippen molar-refractivity contribution < 1.29 is 9.21 Å². The summed E-state index contributed by atoms with van der Waals surface area (Å²) in [5.74, 6) is 1.97. The normalized spacial score (nSPS) is 18.5. The van der Waals surface area contributed by atoms with E-state index in [0.29, 0.717) is 11.5 Å². The van der Waals surface area contributed by atoms with E-state index in [0.717, 1.165) is 53.3 Å². The number of piperidine rings is 1. The number of nitrogens with zero attached hydrogens (tertiary/aromatic N) is 3. The molecule has 1 aliphatic heterocycles. The minimum Gasteiger partial charge on any atom is -0.466 e. The van der Waals surface area contributed by atoms with Gasteiger partial charge in [-0.05, 0) is 58.7 Å². The van der Waals surface area contributed by atoms with Crippen LogP contribution in [0.2, 0.25) is 0 Å². The topological polar surface area (TPSA) is 85.0 Å². The highest BCUT2D eigenvalue weighted by atomic mass is 35.5. The number of rotatable bonds is 4. The number of carbonyl (C=O) groups is 1. The predicted octanol–water partition coefficient (Wildman–Crippen LogP) is 4.46. The molecule has 2 unspecified atom stereocenters. The number of hydrogen-bond donors (Lipinski definition) is 2. The van der Waals surface area contributed by atoms with E-state index >= 15 is 0 Å². The summed E-state index contributed by atoms with van der Waals surface area (Å²) in [7, 11) is 0. The van der Waals surface area contributed by atoms with E-state index < -0.39 is 0 Å². The number of hydrogen-bond acceptors (Lipinski definition) is 5.